The number of rotatable bonds is 10. The molecular weight excluding hydrogens is 418 g/mol. The number of hydrogen-bond donors (Lipinski definition) is 1. The lowest BCUT2D eigenvalue weighted by Gasteiger charge is -2.38. The van der Waals surface area contributed by atoms with Gasteiger partial charge in [0, 0.05) is 43.9 Å². The van der Waals surface area contributed by atoms with Crippen molar-refractivity contribution in [3.63, 3.8) is 0 Å². The van der Waals surface area contributed by atoms with Gasteiger partial charge < -0.3 is 14.4 Å². The predicted octanol–water partition coefficient (Wildman–Crippen LogP) is 5.98. The Labute approximate surface area is 195 Å². The van der Waals surface area contributed by atoms with E-state index in [1.165, 1.54) is 11.1 Å². The van der Waals surface area contributed by atoms with Gasteiger partial charge in [-0.3, -0.25) is 9.59 Å². The second kappa shape index (κ2) is 11.0. The minimum Gasteiger partial charge on any atom is -0.481 e. The van der Waals surface area contributed by atoms with Crippen LogP contribution in [0.4, 0.5) is 0 Å². The molecule has 0 aromatic heterocycles. The molecule has 0 aliphatic carbocycles. The molecule has 1 N–H and O–H groups in total. The molecule has 0 bridgehead atoms. The maximum atomic E-state index is 13.2. The molecule has 0 radical (unpaired) electrons. The zero-order chi connectivity index (χ0) is 24.1. The summed E-state index contributed by atoms with van der Waals surface area (Å²) in [4.78, 5) is 26.0. The Hall–Kier alpha value is -1.66. The van der Waals surface area contributed by atoms with Crippen molar-refractivity contribution in [2.75, 3.05) is 13.2 Å². The molecule has 1 aromatic rings. The van der Waals surface area contributed by atoms with E-state index in [4.69, 9.17) is 9.53 Å². The van der Waals surface area contributed by atoms with Crippen LogP contribution in [0.3, 0.4) is 0 Å². The highest BCUT2D eigenvalue weighted by molar-refractivity contribution is 6.74. The van der Waals surface area contributed by atoms with Crippen LogP contribution in [0.15, 0.2) is 24.3 Å². The normalized spacial score (nSPS) is 21.7. The number of unbranched alkanes of at least 4 members (excludes halogenated alkanes) is 1. The quantitative estimate of drug-likeness (QED) is 0.344. The summed E-state index contributed by atoms with van der Waals surface area (Å²) < 4.78 is 6.69. The van der Waals surface area contributed by atoms with Gasteiger partial charge >= 0.3 is 5.97 Å². The highest BCUT2D eigenvalue weighted by Gasteiger charge is 2.45. The van der Waals surface area contributed by atoms with Gasteiger partial charge in [0.15, 0.2) is 8.32 Å². The predicted molar refractivity (Wildman–Crippen MR) is 132 cm³/mol. The van der Waals surface area contributed by atoms with Gasteiger partial charge in [-0.15, -0.1) is 0 Å². The molecule has 0 saturated carbocycles. The van der Waals surface area contributed by atoms with Crippen LogP contribution < -0.4 is 0 Å². The fourth-order valence-electron chi connectivity index (χ4n) is 4.57. The molecule has 180 valence electrons. The minimum atomic E-state index is -1.90. The Morgan fingerprint density at radius 1 is 1.16 bits per heavy atom. The van der Waals surface area contributed by atoms with E-state index in [9.17, 15) is 9.59 Å². The maximum absolute atomic E-state index is 13.2. The summed E-state index contributed by atoms with van der Waals surface area (Å²) in [5.41, 5.74) is 2.58. The summed E-state index contributed by atoms with van der Waals surface area (Å²) in [5, 5.41) is 9.01. The molecule has 1 saturated heterocycles. The van der Waals surface area contributed by atoms with E-state index >= 15 is 0 Å². The zero-order valence-corrected chi connectivity index (χ0v) is 22.1. The number of benzene rings is 1. The molecule has 6 heteroatoms. The lowest BCUT2D eigenvalue weighted by atomic mass is 9.83. The number of carboxylic acids is 1. The van der Waals surface area contributed by atoms with Gasteiger partial charge in [-0.25, -0.2) is 0 Å². The van der Waals surface area contributed by atoms with Crippen LogP contribution in [-0.2, 0) is 14.0 Å². The summed E-state index contributed by atoms with van der Waals surface area (Å²) in [6.07, 6.45) is 2.61. The second-order valence-corrected chi connectivity index (χ2v) is 15.6. The van der Waals surface area contributed by atoms with E-state index in [2.05, 4.69) is 76.9 Å². The zero-order valence-electron chi connectivity index (χ0n) is 21.1. The number of amides is 1. The Balaban J connectivity index is 2.24. The second-order valence-electron chi connectivity index (χ2n) is 10.8. The molecule has 1 aliphatic rings. The number of carbonyl (C=O) groups excluding carboxylic acids is 1. The number of likely N-dealkylation sites (tertiary alicyclic amines) is 1. The van der Waals surface area contributed by atoms with Gasteiger partial charge in [-0.2, -0.15) is 0 Å². The minimum absolute atomic E-state index is 0.124. The number of aryl methyl sites for hydroxylation is 1. The van der Waals surface area contributed by atoms with E-state index in [0.717, 1.165) is 6.42 Å². The number of hydrogen-bond acceptors (Lipinski definition) is 3. The van der Waals surface area contributed by atoms with E-state index in [-0.39, 0.29) is 35.2 Å². The van der Waals surface area contributed by atoms with E-state index in [1.807, 2.05) is 0 Å². The summed E-state index contributed by atoms with van der Waals surface area (Å²) in [6.45, 7) is 17.1. The summed E-state index contributed by atoms with van der Waals surface area (Å²) in [5.74, 6) is -0.129. The number of carboxylic acid groups (broad SMARTS) is 1. The van der Waals surface area contributed by atoms with Crippen LogP contribution in [0.25, 0.3) is 0 Å². The molecular formula is C26H43NO4Si. The monoisotopic (exact) mass is 461 g/mol. The molecule has 3 atom stereocenters. The third-order valence-corrected chi connectivity index (χ3v) is 12.1. The van der Waals surface area contributed by atoms with Crippen molar-refractivity contribution in [3.8, 4) is 0 Å². The van der Waals surface area contributed by atoms with E-state index in [0.29, 0.717) is 32.4 Å². The maximum Gasteiger partial charge on any atom is 0.303 e. The summed E-state index contributed by atoms with van der Waals surface area (Å²) >= 11 is 0. The lowest BCUT2D eigenvalue weighted by Crippen LogP contribution is -2.44. The van der Waals surface area contributed by atoms with Crippen molar-refractivity contribution in [1.82, 2.24) is 4.90 Å². The summed E-state index contributed by atoms with van der Waals surface area (Å²) in [6, 6.07) is 8.66. The Morgan fingerprint density at radius 3 is 2.34 bits per heavy atom. The molecule has 0 spiro atoms. The van der Waals surface area contributed by atoms with Crippen LogP contribution in [0, 0.1) is 12.8 Å². The third kappa shape index (κ3) is 6.44. The van der Waals surface area contributed by atoms with Crippen LogP contribution >= 0.6 is 0 Å². The number of aliphatic carboxylic acids is 1. The Morgan fingerprint density at radius 2 is 1.78 bits per heavy atom. The van der Waals surface area contributed by atoms with Crippen LogP contribution in [0.1, 0.15) is 76.8 Å². The third-order valence-electron chi connectivity index (χ3n) is 7.61. The molecule has 1 heterocycles. The van der Waals surface area contributed by atoms with E-state index < -0.39 is 14.3 Å². The molecule has 2 rings (SSSR count). The van der Waals surface area contributed by atoms with Crippen molar-refractivity contribution >= 4 is 20.2 Å². The molecule has 1 aromatic carbocycles. The Kier molecular flexibility index (Phi) is 9.12. The highest BCUT2D eigenvalue weighted by atomic mass is 28.4. The van der Waals surface area contributed by atoms with Crippen molar-refractivity contribution in [2.24, 2.45) is 5.92 Å². The van der Waals surface area contributed by atoms with Gasteiger partial charge in [0.25, 0.3) is 0 Å². The van der Waals surface area contributed by atoms with Gasteiger partial charge in [-0.05, 0) is 55.4 Å². The van der Waals surface area contributed by atoms with Crippen LogP contribution in [0.2, 0.25) is 18.1 Å². The summed E-state index contributed by atoms with van der Waals surface area (Å²) in [7, 11) is -1.90. The molecule has 5 nitrogen and oxygen atoms in total. The largest absolute Gasteiger partial charge is 0.481 e. The van der Waals surface area contributed by atoms with Gasteiger partial charge in [-0.1, -0.05) is 52.0 Å². The van der Waals surface area contributed by atoms with Crippen molar-refractivity contribution in [3.05, 3.63) is 35.4 Å². The average Bonchev–Trinajstić information content (AvgIpc) is 3.07. The first-order valence-electron chi connectivity index (χ1n) is 12.1. The number of carbonyl (C=O) groups is 2. The van der Waals surface area contributed by atoms with Crippen molar-refractivity contribution < 1.29 is 19.1 Å². The molecule has 1 amide bonds. The van der Waals surface area contributed by atoms with Crippen molar-refractivity contribution in [2.45, 2.75) is 96.8 Å². The van der Waals surface area contributed by atoms with Gasteiger partial charge in [0.05, 0.1) is 0 Å². The molecule has 1 fully saturated rings. The fraction of sp³-hybridized carbons (Fsp3) is 0.692. The first-order valence-corrected chi connectivity index (χ1v) is 15.0. The topological polar surface area (TPSA) is 66.8 Å². The highest BCUT2D eigenvalue weighted by Crippen LogP contribution is 2.43. The Bertz CT molecular complexity index is 786. The molecule has 1 unspecified atom stereocenters. The SMILES string of the molecule is CCC1[C@H](CO[Si](C)(C)C(C)(C)C)[C@@H](c2ccccc2C)CN1C(=O)CCCCC(=O)O. The lowest BCUT2D eigenvalue weighted by molar-refractivity contribution is -0.137. The first-order chi connectivity index (χ1) is 14.9. The standard InChI is InChI=1S/C26H43NO4Si/c1-8-23-22(18-31-32(6,7)26(3,4)5)21(20-14-10-9-13-19(20)2)17-27(23)24(28)15-11-12-16-25(29)30/h9-10,13-14,21-23H,8,11-12,15-18H2,1-7H3,(H,29,30)/t21-,22-,23?/m1/s1. The fourth-order valence-corrected chi connectivity index (χ4v) is 5.61. The molecule has 32 heavy (non-hydrogen) atoms. The smallest absolute Gasteiger partial charge is 0.303 e. The number of nitrogens with zero attached hydrogens (tertiary/aromatic N) is 1. The van der Waals surface area contributed by atoms with Gasteiger partial charge in [0.2, 0.25) is 5.91 Å². The van der Waals surface area contributed by atoms with Crippen LogP contribution in [-0.4, -0.2) is 49.4 Å². The molecule has 1 aliphatic heterocycles. The average molecular weight is 462 g/mol. The first kappa shape index (κ1) is 26.6. The van der Waals surface area contributed by atoms with Crippen LogP contribution in [0.5, 0.6) is 0 Å². The van der Waals surface area contributed by atoms with Gasteiger partial charge in [0.1, 0.15) is 0 Å². The van der Waals surface area contributed by atoms with Crippen molar-refractivity contribution in [1.29, 1.82) is 0 Å². The van der Waals surface area contributed by atoms with E-state index in [1.54, 1.807) is 0 Å².